The van der Waals surface area contributed by atoms with Crippen molar-refractivity contribution in [3.8, 4) is 0 Å². The van der Waals surface area contributed by atoms with Crippen LogP contribution in [0, 0.1) is 10.1 Å². The van der Waals surface area contributed by atoms with Gasteiger partial charge in [0.25, 0.3) is 5.69 Å². The van der Waals surface area contributed by atoms with Gasteiger partial charge in [0.05, 0.1) is 16.5 Å². The number of carbonyl (C=O) groups excluding carboxylic acids is 1. The lowest BCUT2D eigenvalue weighted by molar-refractivity contribution is -0.384. The first-order valence-electron chi connectivity index (χ1n) is 9.78. The Morgan fingerprint density at radius 3 is 2.64 bits per heavy atom. The Morgan fingerprint density at radius 1 is 1.00 bits per heavy atom. The molecule has 0 amide bonds. The fraction of sp³-hybridized carbons (Fsp3) is 0.0870. The molecule has 0 atom stereocenters. The first kappa shape index (κ1) is 20.2. The average Bonchev–Trinajstić information content (AvgIpc) is 3.11. The molecule has 0 aliphatic rings. The van der Waals surface area contributed by atoms with Crippen LogP contribution in [0.4, 0.5) is 5.69 Å². The molecule has 164 valence electrons. The number of carbonyl (C=O) groups is 1. The number of aromatic nitrogens is 1. The van der Waals surface area contributed by atoms with Crippen LogP contribution in [-0.4, -0.2) is 15.5 Å². The number of nitro groups is 1. The van der Waals surface area contributed by atoms with Crippen molar-refractivity contribution in [2.45, 2.75) is 13.2 Å². The van der Waals surface area contributed by atoms with Gasteiger partial charge < -0.3 is 13.6 Å². The first-order valence-corrected chi connectivity index (χ1v) is 9.78. The van der Waals surface area contributed by atoms with Crippen molar-refractivity contribution in [3.63, 3.8) is 0 Å². The molecule has 0 saturated carbocycles. The standard InChI is InChI=1S/C23H14N2O8/c26-20-9-14(22-16-4-2-1-3-13(16)5-8-18(22)32-20)12-31-21(27)11-24-17-7-6-15(25(29)30)10-19(17)33-23(24)28/h1-10H,11-12H2. The number of fused-ring (bicyclic) bond motifs is 4. The normalized spacial score (nSPS) is 11.3. The van der Waals surface area contributed by atoms with Gasteiger partial charge in [-0.15, -0.1) is 0 Å². The van der Waals surface area contributed by atoms with Crippen LogP contribution in [0.5, 0.6) is 0 Å². The Hall–Kier alpha value is -4.73. The second-order valence-corrected chi connectivity index (χ2v) is 7.27. The topological polar surface area (TPSA) is 135 Å². The summed E-state index contributed by atoms with van der Waals surface area (Å²) in [5, 5.41) is 13.3. The lowest BCUT2D eigenvalue weighted by Gasteiger charge is -2.10. The molecule has 0 N–H and O–H groups in total. The summed E-state index contributed by atoms with van der Waals surface area (Å²) in [6.45, 7) is -0.686. The maximum Gasteiger partial charge on any atom is 0.420 e. The minimum atomic E-state index is -0.848. The number of ether oxygens (including phenoxy) is 1. The molecule has 0 bridgehead atoms. The molecule has 5 aromatic rings. The van der Waals surface area contributed by atoms with E-state index >= 15 is 0 Å². The third-order valence-corrected chi connectivity index (χ3v) is 5.25. The van der Waals surface area contributed by atoms with Gasteiger partial charge in [-0.05, 0) is 22.9 Å². The van der Waals surface area contributed by atoms with E-state index in [1.165, 1.54) is 18.2 Å². The van der Waals surface area contributed by atoms with Gasteiger partial charge in [0.1, 0.15) is 18.7 Å². The van der Waals surface area contributed by atoms with Crippen LogP contribution in [-0.2, 0) is 22.7 Å². The molecule has 0 radical (unpaired) electrons. The van der Waals surface area contributed by atoms with E-state index in [2.05, 4.69) is 0 Å². The Bertz CT molecular complexity index is 1690. The second-order valence-electron chi connectivity index (χ2n) is 7.27. The maximum absolute atomic E-state index is 12.5. The van der Waals surface area contributed by atoms with Crippen LogP contribution in [0.3, 0.4) is 0 Å². The summed E-state index contributed by atoms with van der Waals surface area (Å²) in [6, 6.07) is 15.9. The zero-order valence-corrected chi connectivity index (χ0v) is 16.8. The third kappa shape index (κ3) is 3.63. The van der Waals surface area contributed by atoms with Gasteiger partial charge in [-0.3, -0.25) is 19.5 Å². The lowest BCUT2D eigenvalue weighted by Crippen LogP contribution is -2.21. The van der Waals surface area contributed by atoms with Crippen LogP contribution in [0.25, 0.3) is 32.8 Å². The lowest BCUT2D eigenvalue weighted by atomic mass is 10.0. The van der Waals surface area contributed by atoms with Crippen LogP contribution < -0.4 is 11.4 Å². The van der Waals surface area contributed by atoms with E-state index in [4.69, 9.17) is 13.6 Å². The van der Waals surface area contributed by atoms with Gasteiger partial charge >= 0.3 is 17.4 Å². The highest BCUT2D eigenvalue weighted by Crippen LogP contribution is 2.28. The predicted molar refractivity (Wildman–Crippen MR) is 117 cm³/mol. The fourth-order valence-corrected chi connectivity index (χ4v) is 3.79. The Morgan fingerprint density at radius 2 is 1.82 bits per heavy atom. The highest BCUT2D eigenvalue weighted by atomic mass is 16.6. The van der Waals surface area contributed by atoms with E-state index in [0.717, 1.165) is 21.4 Å². The van der Waals surface area contributed by atoms with Crippen LogP contribution in [0.2, 0.25) is 0 Å². The van der Waals surface area contributed by atoms with Crippen molar-refractivity contribution in [1.82, 2.24) is 4.57 Å². The summed E-state index contributed by atoms with van der Waals surface area (Å²) in [5.41, 5.74) is 0.215. The zero-order chi connectivity index (χ0) is 23.1. The van der Waals surface area contributed by atoms with Crippen molar-refractivity contribution >= 4 is 44.5 Å². The minimum Gasteiger partial charge on any atom is -0.459 e. The van der Waals surface area contributed by atoms with Gasteiger partial charge in [0, 0.05) is 23.1 Å². The number of non-ortho nitro benzene ring substituents is 1. The Balaban J connectivity index is 1.44. The highest BCUT2D eigenvalue weighted by molar-refractivity contribution is 6.07. The molecule has 0 aliphatic carbocycles. The molecule has 0 saturated heterocycles. The summed E-state index contributed by atoms with van der Waals surface area (Å²) in [7, 11) is 0. The summed E-state index contributed by atoms with van der Waals surface area (Å²) >= 11 is 0. The molecular weight excluding hydrogens is 432 g/mol. The molecule has 2 heterocycles. The van der Waals surface area contributed by atoms with Gasteiger partial charge in [-0.25, -0.2) is 9.59 Å². The third-order valence-electron chi connectivity index (χ3n) is 5.25. The van der Waals surface area contributed by atoms with E-state index in [1.54, 1.807) is 6.07 Å². The van der Waals surface area contributed by atoms with Crippen molar-refractivity contribution < 1.29 is 23.3 Å². The van der Waals surface area contributed by atoms with Gasteiger partial charge in [-0.2, -0.15) is 0 Å². The van der Waals surface area contributed by atoms with Crippen molar-refractivity contribution in [2.24, 2.45) is 0 Å². The van der Waals surface area contributed by atoms with E-state index in [-0.39, 0.29) is 23.4 Å². The summed E-state index contributed by atoms with van der Waals surface area (Å²) in [6.07, 6.45) is 0. The highest BCUT2D eigenvalue weighted by Gasteiger charge is 2.18. The van der Waals surface area contributed by atoms with Crippen LogP contribution >= 0.6 is 0 Å². The molecule has 5 rings (SSSR count). The molecular formula is C23H14N2O8. The van der Waals surface area contributed by atoms with Gasteiger partial charge in [-0.1, -0.05) is 30.3 Å². The van der Waals surface area contributed by atoms with Crippen LogP contribution in [0.15, 0.2) is 79.1 Å². The predicted octanol–water partition coefficient (Wildman–Crippen LogP) is 3.51. The number of hydrogen-bond acceptors (Lipinski definition) is 8. The number of esters is 1. The largest absolute Gasteiger partial charge is 0.459 e. The van der Waals surface area contributed by atoms with Crippen molar-refractivity contribution in [1.29, 1.82) is 0 Å². The molecule has 0 fully saturated rings. The minimum absolute atomic E-state index is 0.0138. The second kappa shape index (κ2) is 7.75. The smallest absolute Gasteiger partial charge is 0.420 e. The number of hydrogen-bond donors (Lipinski definition) is 0. The molecule has 3 aromatic carbocycles. The molecule has 0 unspecified atom stereocenters. The quantitative estimate of drug-likeness (QED) is 0.132. The first-order chi connectivity index (χ1) is 15.9. The number of nitro benzene ring substituents is 1. The summed E-state index contributed by atoms with van der Waals surface area (Å²) in [5.74, 6) is -1.60. The number of oxazole rings is 1. The number of rotatable bonds is 5. The molecule has 0 aliphatic heterocycles. The number of nitrogens with zero attached hydrogens (tertiary/aromatic N) is 2. The zero-order valence-electron chi connectivity index (χ0n) is 16.8. The SMILES string of the molecule is O=C(Cn1c(=O)oc2cc([N+](=O)[O-])ccc21)OCc1cc(=O)oc2ccc3ccccc3c12. The van der Waals surface area contributed by atoms with E-state index in [9.17, 15) is 24.5 Å². The summed E-state index contributed by atoms with van der Waals surface area (Å²) in [4.78, 5) is 47.0. The van der Waals surface area contributed by atoms with Crippen molar-refractivity contribution in [2.75, 3.05) is 0 Å². The van der Waals surface area contributed by atoms with E-state index in [1.807, 2.05) is 30.3 Å². The van der Waals surface area contributed by atoms with Gasteiger partial charge in [0.2, 0.25) is 0 Å². The number of benzene rings is 3. The van der Waals surface area contributed by atoms with Crippen molar-refractivity contribution in [3.05, 3.63) is 97.3 Å². The average molecular weight is 446 g/mol. The Kier molecular flexibility index (Phi) is 4.74. The molecule has 2 aromatic heterocycles. The van der Waals surface area contributed by atoms with Gasteiger partial charge in [0.15, 0.2) is 5.58 Å². The van der Waals surface area contributed by atoms with E-state index < -0.39 is 28.8 Å². The summed E-state index contributed by atoms with van der Waals surface area (Å²) < 4.78 is 16.7. The fourth-order valence-electron chi connectivity index (χ4n) is 3.79. The molecule has 10 heteroatoms. The molecule has 33 heavy (non-hydrogen) atoms. The van der Waals surface area contributed by atoms with E-state index in [0.29, 0.717) is 16.5 Å². The molecule has 0 spiro atoms. The maximum atomic E-state index is 12.5. The monoisotopic (exact) mass is 446 g/mol. The molecule has 10 nitrogen and oxygen atoms in total. The van der Waals surface area contributed by atoms with Crippen LogP contribution in [0.1, 0.15) is 5.56 Å². The Labute approximate surface area is 183 Å².